The molecule has 0 amide bonds. The van der Waals surface area contributed by atoms with Crippen LogP contribution in [0.2, 0.25) is 0 Å². The van der Waals surface area contributed by atoms with Gasteiger partial charge in [-0.05, 0) is 12.5 Å². The Bertz CT molecular complexity index is 366. The number of nitrogens with one attached hydrogen (secondary N) is 1. The van der Waals surface area contributed by atoms with Gasteiger partial charge in [0.05, 0.1) is 0 Å². The highest BCUT2D eigenvalue weighted by atomic mass is 19.1. The van der Waals surface area contributed by atoms with E-state index in [0.29, 0.717) is 6.54 Å². The second-order valence-corrected chi connectivity index (χ2v) is 4.40. The Kier molecular flexibility index (Phi) is 5.66. The normalized spacial score (nSPS) is 13.1. The molecule has 1 rings (SSSR count). The Hall–Kier alpha value is -1.03. The smallest absolute Gasteiger partial charge is 0.133 e. The molecule has 0 heterocycles. The lowest BCUT2D eigenvalue weighted by atomic mass is 9.88. The zero-order valence-electron chi connectivity index (χ0n) is 11.1. The third-order valence-electron chi connectivity index (χ3n) is 3.30. The van der Waals surface area contributed by atoms with E-state index in [9.17, 15) is 13.2 Å². The average molecular weight is 259 g/mol. The fraction of sp³-hybridized carbons (Fsp3) is 0.571. The summed E-state index contributed by atoms with van der Waals surface area (Å²) in [5, 5.41) is 3.10. The van der Waals surface area contributed by atoms with Gasteiger partial charge < -0.3 is 5.32 Å². The molecule has 0 saturated heterocycles. The minimum absolute atomic E-state index is 0.0491. The predicted molar refractivity (Wildman–Crippen MR) is 66.8 cm³/mol. The molecule has 1 nitrogen and oxygen atoms in total. The van der Waals surface area contributed by atoms with Crippen LogP contribution >= 0.6 is 0 Å². The van der Waals surface area contributed by atoms with Gasteiger partial charge in [0.15, 0.2) is 0 Å². The highest BCUT2D eigenvalue weighted by Crippen LogP contribution is 2.31. The van der Waals surface area contributed by atoms with Gasteiger partial charge in [0.1, 0.15) is 17.5 Å². The fourth-order valence-corrected chi connectivity index (χ4v) is 2.33. The summed E-state index contributed by atoms with van der Waals surface area (Å²) in [5.41, 5.74) is -0.0491. The van der Waals surface area contributed by atoms with Crippen LogP contribution < -0.4 is 5.32 Å². The van der Waals surface area contributed by atoms with E-state index >= 15 is 0 Å². The zero-order valence-corrected chi connectivity index (χ0v) is 11.1. The van der Waals surface area contributed by atoms with Crippen molar-refractivity contribution in [1.29, 1.82) is 0 Å². The number of benzene rings is 1. The van der Waals surface area contributed by atoms with Crippen molar-refractivity contribution in [3.63, 3.8) is 0 Å². The molecule has 0 bridgehead atoms. The molecule has 0 aliphatic heterocycles. The molecule has 0 aliphatic carbocycles. The summed E-state index contributed by atoms with van der Waals surface area (Å²) in [6.07, 6.45) is 1.62. The largest absolute Gasteiger partial charge is 0.310 e. The molecule has 1 unspecified atom stereocenters. The van der Waals surface area contributed by atoms with E-state index in [-0.39, 0.29) is 11.5 Å². The van der Waals surface area contributed by atoms with Gasteiger partial charge >= 0.3 is 0 Å². The van der Waals surface area contributed by atoms with Crippen molar-refractivity contribution in [2.24, 2.45) is 5.92 Å². The number of hydrogen-bond acceptors (Lipinski definition) is 1. The summed E-state index contributed by atoms with van der Waals surface area (Å²) in [5.74, 6) is -2.39. The fourth-order valence-electron chi connectivity index (χ4n) is 2.33. The Balaban J connectivity index is 3.20. The lowest BCUT2D eigenvalue weighted by molar-refractivity contribution is 0.326. The summed E-state index contributed by atoms with van der Waals surface area (Å²) >= 11 is 0. The van der Waals surface area contributed by atoms with Gasteiger partial charge in [0.2, 0.25) is 0 Å². The Morgan fingerprint density at radius 3 is 1.89 bits per heavy atom. The highest BCUT2D eigenvalue weighted by molar-refractivity contribution is 5.25. The van der Waals surface area contributed by atoms with Gasteiger partial charge in [-0.2, -0.15) is 0 Å². The molecular formula is C14H20F3N. The summed E-state index contributed by atoms with van der Waals surface area (Å²) in [4.78, 5) is 0. The lowest BCUT2D eigenvalue weighted by Crippen LogP contribution is -2.29. The van der Waals surface area contributed by atoms with Crippen molar-refractivity contribution in [1.82, 2.24) is 5.32 Å². The van der Waals surface area contributed by atoms with Crippen molar-refractivity contribution in [3.8, 4) is 0 Å². The van der Waals surface area contributed by atoms with E-state index in [1.807, 2.05) is 20.8 Å². The summed E-state index contributed by atoms with van der Waals surface area (Å²) in [6.45, 7) is 6.46. The topological polar surface area (TPSA) is 12.0 Å². The Labute approximate surface area is 106 Å². The first-order valence-electron chi connectivity index (χ1n) is 6.42. The molecule has 0 aromatic heterocycles. The maximum absolute atomic E-state index is 13.8. The van der Waals surface area contributed by atoms with Crippen LogP contribution in [0.3, 0.4) is 0 Å². The SMILES string of the molecule is CCNC(c1c(F)cc(F)cc1F)C(CC)CC. The van der Waals surface area contributed by atoms with Gasteiger partial charge in [-0.15, -0.1) is 0 Å². The molecule has 18 heavy (non-hydrogen) atoms. The molecule has 1 aromatic rings. The number of rotatable bonds is 6. The van der Waals surface area contributed by atoms with Gasteiger partial charge in [-0.1, -0.05) is 33.6 Å². The molecule has 102 valence electrons. The second-order valence-electron chi connectivity index (χ2n) is 4.40. The van der Waals surface area contributed by atoms with Crippen LogP contribution in [0.15, 0.2) is 12.1 Å². The molecule has 1 N–H and O–H groups in total. The first kappa shape index (κ1) is 15.0. The maximum Gasteiger partial charge on any atom is 0.133 e. The predicted octanol–water partition coefficient (Wildman–Crippen LogP) is 4.19. The molecule has 0 radical (unpaired) electrons. The average Bonchev–Trinajstić information content (AvgIpc) is 2.29. The molecule has 0 spiro atoms. The zero-order chi connectivity index (χ0) is 13.7. The summed E-state index contributed by atoms with van der Waals surface area (Å²) < 4.78 is 40.5. The third-order valence-corrected chi connectivity index (χ3v) is 3.30. The highest BCUT2D eigenvalue weighted by Gasteiger charge is 2.26. The quantitative estimate of drug-likeness (QED) is 0.807. The van der Waals surface area contributed by atoms with Crippen LogP contribution in [0, 0.1) is 23.4 Å². The molecule has 0 aliphatic rings. The van der Waals surface area contributed by atoms with Crippen LogP contribution in [-0.2, 0) is 0 Å². The van der Waals surface area contributed by atoms with Gasteiger partial charge in [0.25, 0.3) is 0 Å². The minimum atomic E-state index is -0.881. The number of hydrogen-bond donors (Lipinski definition) is 1. The Morgan fingerprint density at radius 2 is 1.50 bits per heavy atom. The molecule has 4 heteroatoms. The Morgan fingerprint density at radius 1 is 1.00 bits per heavy atom. The van der Waals surface area contributed by atoms with Gasteiger partial charge in [-0.3, -0.25) is 0 Å². The molecular weight excluding hydrogens is 239 g/mol. The first-order chi connectivity index (χ1) is 8.54. The second kappa shape index (κ2) is 6.78. The van der Waals surface area contributed by atoms with E-state index in [1.54, 1.807) is 0 Å². The van der Waals surface area contributed by atoms with E-state index < -0.39 is 23.5 Å². The molecule has 1 atom stereocenters. The first-order valence-corrected chi connectivity index (χ1v) is 6.42. The van der Waals surface area contributed by atoms with Crippen LogP contribution in [0.1, 0.15) is 45.2 Å². The molecule has 0 saturated carbocycles. The van der Waals surface area contributed by atoms with Crippen LogP contribution in [0.25, 0.3) is 0 Å². The van der Waals surface area contributed by atoms with Crippen LogP contribution in [0.4, 0.5) is 13.2 Å². The minimum Gasteiger partial charge on any atom is -0.310 e. The standard InChI is InChI=1S/C14H20F3N/c1-4-9(5-2)14(18-6-3)13-11(16)7-10(15)8-12(13)17/h7-9,14,18H,4-6H2,1-3H3. The van der Waals surface area contributed by atoms with Crippen LogP contribution in [0.5, 0.6) is 0 Å². The lowest BCUT2D eigenvalue weighted by Gasteiger charge is -2.27. The van der Waals surface area contributed by atoms with Crippen molar-refractivity contribution in [2.45, 2.75) is 39.7 Å². The van der Waals surface area contributed by atoms with Gasteiger partial charge in [-0.25, -0.2) is 13.2 Å². The van der Waals surface area contributed by atoms with E-state index in [1.165, 1.54) is 0 Å². The monoisotopic (exact) mass is 259 g/mol. The van der Waals surface area contributed by atoms with Crippen molar-refractivity contribution >= 4 is 0 Å². The van der Waals surface area contributed by atoms with Gasteiger partial charge in [0, 0.05) is 23.7 Å². The van der Waals surface area contributed by atoms with E-state index in [2.05, 4.69) is 5.32 Å². The third kappa shape index (κ3) is 3.25. The molecule has 0 fully saturated rings. The maximum atomic E-state index is 13.8. The van der Waals surface area contributed by atoms with Crippen molar-refractivity contribution < 1.29 is 13.2 Å². The van der Waals surface area contributed by atoms with Crippen molar-refractivity contribution in [2.75, 3.05) is 6.54 Å². The van der Waals surface area contributed by atoms with E-state index in [4.69, 9.17) is 0 Å². The van der Waals surface area contributed by atoms with Crippen molar-refractivity contribution in [3.05, 3.63) is 35.1 Å². The number of halogens is 3. The summed E-state index contributed by atoms with van der Waals surface area (Å²) in [6, 6.07) is 1.07. The van der Waals surface area contributed by atoms with E-state index in [0.717, 1.165) is 25.0 Å². The molecule has 1 aromatic carbocycles. The summed E-state index contributed by atoms with van der Waals surface area (Å²) in [7, 11) is 0. The van der Waals surface area contributed by atoms with Crippen LogP contribution in [-0.4, -0.2) is 6.54 Å².